The highest BCUT2D eigenvalue weighted by Crippen LogP contribution is 2.51. The Balaban J connectivity index is 1.46. The summed E-state index contributed by atoms with van der Waals surface area (Å²) in [5.41, 5.74) is 3.12. The third kappa shape index (κ3) is 6.32. The number of imidazole rings is 1. The molecule has 0 radical (unpaired) electrons. The number of nitriles is 1. The van der Waals surface area contributed by atoms with Crippen molar-refractivity contribution < 1.29 is 23.7 Å². The summed E-state index contributed by atoms with van der Waals surface area (Å²) in [6.45, 7) is 5.95. The lowest BCUT2D eigenvalue weighted by molar-refractivity contribution is 0.0917. The molecule has 0 saturated carbocycles. The van der Waals surface area contributed by atoms with Crippen molar-refractivity contribution in [2.45, 2.75) is 63.6 Å². The molecule has 0 spiro atoms. The van der Waals surface area contributed by atoms with Crippen molar-refractivity contribution in [3.63, 3.8) is 0 Å². The molecule has 1 amide bonds. The summed E-state index contributed by atoms with van der Waals surface area (Å²) in [6, 6.07) is 14.2. The standard InChI is InChI=1S/C27H32N4O5S/c1-17(2)36-25-9-8-21(14-22(25)15-28)26(33)29-23(12-18(3)32)13-19-4-6-20(7-5-19)24-16-31-10-11-37(34,35)27(31)30-24/h4-9,14,16-18,23,32,34-35H,10-13H2,1-3H3,(H,29,33)/t18?,23-/m1/s1. The minimum Gasteiger partial charge on any atom is -0.490 e. The topological polar surface area (TPSA) is 141 Å². The van der Waals surface area contributed by atoms with Gasteiger partial charge in [-0.1, -0.05) is 24.3 Å². The summed E-state index contributed by atoms with van der Waals surface area (Å²) in [5, 5.41) is 22.8. The lowest BCUT2D eigenvalue weighted by Gasteiger charge is -2.23. The molecule has 4 rings (SSSR count). The summed E-state index contributed by atoms with van der Waals surface area (Å²) in [6.07, 6.45) is 1.97. The molecule has 9 nitrogen and oxygen atoms in total. The zero-order valence-electron chi connectivity index (χ0n) is 21.1. The minimum absolute atomic E-state index is 0.0952. The number of benzene rings is 2. The van der Waals surface area contributed by atoms with Crippen molar-refractivity contribution in [2.75, 3.05) is 5.75 Å². The van der Waals surface area contributed by atoms with Crippen LogP contribution in [0, 0.1) is 11.3 Å². The van der Waals surface area contributed by atoms with Gasteiger partial charge in [-0.25, -0.2) is 4.98 Å². The Labute approximate surface area is 218 Å². The predicted molar refractivity (Wildman–Crippen MR) is 142 cm³/mol. The van der Waals surface area contributed by atoms with Gasteiger partial charge in [-0.2, -0.15) is 5.26 Å². The molecule has 0 bridgehead atoms. The highest BCUT2D eigenvalue weighted by atomic mass is 32.3. The van der Waals surface area contributed by atoms with Crippen LogP contribution in [-0.2, 0) is 13.0 Å². The van der Waals surface area contributed by atoms with Gasteiger partial charge >= 0.3 is 0 Å². The molecule has 10 heteroatoms. The lowest BCUT2D eigenvalue weighted by Crippen LogP contribution is -2.38. The van der Waals surface area contributed by atoms with Crippen molar-refractivity contribution >= 4 is 16.5 Å². The molecule has 1 aliphatic rings. The summed E-state index contributed by atoms with van der Waals surface area (Å²) < 4.78 is 27.7. The van der Waals surface area contributed by atoms with Gasteiger partial charge in [0.1, 0.15) is 11.8 Å². The Morgan fingerprint density at radius 1 is 1.22 bits per heavy atom. The van der Waals surface area contributed by atoms with Gasteiger partial charge in [-0.15, -0.1) is 10.6 Å². The number of carbonyl (C=O) groups is 1. The van der Waals surface area contributed by atoms with Crippen LogP contribution in [0.4, 0.5) is 0 Å². The van der Waals surface area contributed by atoms with Crippen molar-refractivity contribution in [1.29, 1.82) is 5.26 Å². The number of aliphatic hydroxyl groups excluding tert-OH is 1. The van der Waals surface area contributed by atoms with Crippen molar-refractivity contribution in [3.05, 3.63) is 65.4 Å². The van der Waals surface area contributed by atoms with Gasteiger partial charge < -0.3 is 19.7 Å². The molecule has 4 N–H and O–H groups in total. The van der Waals surface area contributed by atoms with E-state index in [0.717, 1.165) is 11.1 Å². The molecule has 2 heterocycles. The highest BCUT2D eigenvalue weighted by Gasteiger charge is 2.29. The fourth-order valence-corrected chi connectivity index (χ4v) is 5.76. The Morgan fingerprint density at radius 3 is 2.57 bits per heavy atom. The van der Waals surface area contributed by atoms with Crippen LogP contribution in [0.5, 0.6) is 5.75 Å². The van der Waals surface area contributed by atoms with E-state index in [1.54, 1.807) is 23.6 Å². The summed E-state index contributed by atoms with van der Waals surface area (Å²) in [7, 11) is -2.81. The first kappa shape index (κ1) is 26.7. The smallest absolute Gasteiger partial charge is 0.251 e. The Hall–Kier alpha value is -3.36. The second-order valence-corrected chi connectivity index (χ2v) is 11.7. The number of hydrogen-bond acceptors (Lipinski definition) is 7. The van der Waals surface area contributed by atoms with E-state index < -0.39 is 16.7 Å². The molecule has 2 atom stereocenters. The van der Waals surface area contributed by atoms with E-state index in [2.05, 4.69) is 16.4 Å². The van der Waals surface area contributed by atoms with Crippen LogP contribution in [0.15, 0.2) is 53.8 Å². The second-order valence-electron chi connectivity index (χ2n) is 9.62. The zero-order valence-corrected chi connectivity index (χ0v) is 21.9. The molecule has 0 aliphatic carbocycles. The average Bonchev–Trinajstić information content (AvgIpc) is 3.39. The third-order valence-corrected chi connectivity index (χ3v) is 7.73. The maximum atomic E-state index is 13.0. The summed E-state index contributed by atoms with van der Waals surface area (Å²) >= 11 is 0. The molecule has 1 unspecified atom stereocenters. The monoisotopic (exact) mass is 524 g/mol. The van der Waals surface area contributed by atoms with E-state index in [4.69, 9.17) is 4.74 Å². The number of aliphatic hydroxyl groups is 1. The predicted octanol–water partition coefficient (Wildman–Crippen LogP) is 4.44. The number of aromatic nitrogens is 2. The number of amides is 1. The molecular formula is C27H32N4O5S. The molecule has 196 valence electrons. The number of carbonyl (C=O) groups excluding carboxylic acids is 1. The first-order valence-corrected chi connectivity index (χ1v) is 13.9. The summed E-state index contributed by atoms with van der Waals surface area (Å²) in [5.74, 6) is 0.405. The zero-order chi connectivity index (χ0) is 26.7. The third-order valence-electron chi connectivity index (χ3n) is 6.07. The quantitative estimate of drug-likeness (QED) is 0.324. The maximum absolute atomic E-state index is 13.0. The number of nitrogens with one attached hydrogen (secondary N) is 1. The Morgan fingerprint density at radius 2 is 1.95 bits per heavy atom. The van der Waals surface area contributed by atoms with Gasteiger partial charge in [0, 0.05) is 29.9 Å². The number of nitrogens with zero attached hydrogens (tertiary/aromatic N) is 3. The van der Waals surface area contributed by atoms with E-state index >= 15 is 0 Å². The second kappa shape index (κ2) is 10.9. The highest BCUT2D eigenvalue weighted by molar-refractivity contribution is 8.24. The molecule has 37 heavy (non-hydrogen) atoms. The van der Waals surface area contributed by atoms with Crippen LogP contribution in [-0.4, -0.2) is 53.7 Å². The number of fused-ring (bicyclic) bond motifs is 1. The largest absolute Gasteiger partial charge is 0.490 e. The van der Waals surface area contributed by atoms with Gasteiger partial charge in [-0.3, -0.25) is 13.9 Å². The fraction of sp³-hybridized carbons (Fsp3) is 0.370. The van der Waals surface area contributed by atoms with E-state index in [9.17, 15) is 24.3 Å². The lowest BCUT2D eigenvalue weighted by atomic mass is 9.99. The van der Waals surface area contributed by atoms with Crippen LogP contribution in [0.2, 0.25) is 0 Å². The van der Waals surface area contributed by atoms with Crippen molar-refractivity contribution in [2.24, 2.45) is 0 Å². The van der Waals surface area contributed by atoms with Crippen LogP contribution >= 0.6 is 10.6 Å². The van der Waals surface area contributed by atoms with E-state index in [1.165, 1.54) is 6.07 Å². The van der Waals surface area contributed by atoms with Gasteiger partial charge in [0.2, 0.25) is 5.16 Å². The van der Waals surface area contributed by atoms with Gasteiger partial charge in [0.05, 0.1) is 29.2 Å². The molecule has 0 fully saturated rings. The Kier molecular flexibility index (Phi) is 7.90. The molecule has 3 aromatic rings. The molecule has 1 aromatic heterocycles. The SMILES string of the molecule is CC(O)C[C@H](Cc1ccc(-c2cn3c(n2)S(O)(O)CC3)cc1)NC(=O)c1ccc(OC(C)C)c(C#N)c1. The average molecular weight is 525 g/mol. The van der Waals surface area contributed by atoms with Gasteiger partial charge in [-0.05, 0) is 57.4 Å². The van der Waals surface area contributed by atoms with Gasteiger partial charge in [0.25, 0.3) is 5.91 Å². The number of ether oxygens (including phenoxy) is 1. The van der Waals surface area contributed by atoms with Crippen LogP contribution in [0.25, 0.3) is 11.3 Å². The minimum atomic E-state index is -2.81. The van der Waals surface area contributed by atoms with E-state index in [0.29, 0.717) is 47.3 Å². The number of rotatable bonds is 9. The Bertz CT molecular complexity index is 1310. The molecule has 2 aromatic carbocycles. The fourth-order valence-electron chi connectivity index (χ4n) is 4.36. The normalized spacial score (nSPS) is 16.5. The first-order valence-electron chi connectivity index (χ1n) is 12.2. The van der Waals surface area contributed by atoms with Crippen LogP contribution < -0.4 is 10.1 Å². The van der Waals surface area contributed by atoms with Crippen LogP contribution in [0.1, 0.15) is 48.7 Å². The van der Waals surface area contributed by atoms with E-state index in [1.807, 2.05) is 44.3 Å². The molecular weight excluding hydrogens is 492 g/mol. The molecule has 0 saturated heterocycles. The van der Waals surface area contributed by atoms with Gasteiger partial charge in [0.15, 0.2) is 0 Å². The van der Waals surface area contributed by atoms with Crippen molar-refractivity contribution in [3.8, 4) is 23.1 Å². The number of hydrogen-bond donors (Lipinski definition) is 4. The van der Waals surface area contributed by atoms with E-state index in [-0.39, 0.29) is 23.6 Å². The van der Waals surface area contributed by atoms with Crippen LogP contribution in [0.3, 0.4) is 0 Å². The first-order chi connectivity index (χ1) is 17.6. The maximum Gasteiger partial charge on any atom is 0.251 e. The van der Waals surface area contributed by atoms with Crippen molar-refractivity contribution in [1.82, 2.24) is 14.9 Å². The number of aryl methyl sites for hydroxylation is 1. The summed E-state index contributed by atoms with van der Waals surface area (Å²) in [4.78, 5) is 17.4. The molecule has 1 aliphatic heterocycles.